The minimum absolute atomic E-state index is 0.284. The van der Waals surface area contributed by atoms with Gasteiger partial charge in [-0.25, -0.2) is 4.98 Å². The molecule has 1 unspecified atom stereocenters. The maximum Gasteiger partial charge on any atom is 0.253 e. The Balaban J connectivity index is 1.73. The standard InChI is InChI=1S/C15H17N3O2S/c19-14(15(20)5-8-21-10-15)17-9-12-3-1-2-4-13(12)18-7-6-16-11-18/h1-4,6-7,11,20H,5,8-10H2,(H,17,19). The molecule has 1 amide bonds. The predicted octanol–water partition coefficient (Wildman–Crippen LogP) is 1.36. The fourth-order valence-corrected chi connectivity index (χ4v) is 3.63. The second-order valence-corrected chi connectivity index (χ2v) is 6.22. The smallest absolute Gasteiger partial charge is 0.253 e. The van der Waals surface area contributed by atoms with E-state index in [0.717, 1.165) is 17.0 Å². The molecule has 21 heavy (non-hydrogen) atoms. The third-order valence-corrected chi connectivity index (χ3v) is 4.81. The number of imidazole rings is 1. The van der Waals surface area contributed by atoms with E-state index < -0.39 is 5.60 Å². The topological polar surface area (TPSA) is 67.2 Å². The van der Waals surface area contributed by atoms with Crippen LogP contribution in [0.2, 0.25) is 0 Å². The van der Waals surface area contributed by atoms with Gasteiger partial charge >= 0.3 is 0 Å². The van der Waals surface area contributed by atoms with E-state index in [1.165, 1.54) is 0 Å². The zero-order valence-electron chi connectivity index (χ0n) is 11.5. The molecule has 1 aliphatic heterocycles. The molecule has 1 saturated heterocycles. The molecule has 6 heteroatoms. The third kappa shape index (κ3) is 2.96. The summed E-state index contributed by atoms with van der Waals surface area (Å²) in [4.78, 5) is 16.2. The summed E-state index contributed by atoms with van der Waals surface area (Å²) in [6.07, 6.45) is 5.82. The van der Waals surface area contributed by atoms with Crippen molar-refractivity contribution < 1.29 is 9.90 Å². The lowest BCUT2D eigenvalue weighted by atomic mass is 10.0. The Hall–Kier alpha value is -1.79. The Kier molecular flexibility index (Phi) is 3.98. The molecule has 3 rings (SSSR count). The van der Waals surface area contributed by atoms with Crippen molar-refractivity contribution in [1.29, 1.82) is 0 Å². The number of rotatable bonds is 4. The van der Waals surface area contributed by atoms with E-state index >= 15 is 0 Å². The van der Waals surface area contributed by atoms with Crippen molar-refractivity contribution in [1.82, 2.24) is 14.9 Å². The lowest BCUT2D eigenvalue weighted by Gasteiger charge is -2.20. The minimum Gasteiger partial charge on any atom is -0.379 e. The quantitative estimate of drug-likeness (QED) is 0.895. The van der Waals surface area contributed by atoms with Gasteiger partial charge in [-0.15, -0.1) is 0 Å². The number of amides is 1. The van der Waals surface area contributed by atoms with Crippen LogP contribution in [-0.4, -0.2) is 37.7 Å². The molecule has 2 heterocycles. The second kappa shape index (κ2) is 5.91. The van der Waals surface area contributed by atoms with E-state index in [2.05, 4.69) is 10.3 Å². The predicted molar refractivity (Wildman–Crippen MR) is 82.3 cm³/mol. The Labute approximate surface area is 127 Å². The summed E-state index contributed by atoms with van der Waals surface area (Å²) in [7, 11) is 0. The minimum atomic E-state index is -1.21. The fourth-order valence-electron chi connectivity index (χ4n) is 2.39. The molecule has 2 N–H and O–H groups in total. The summed E-state index contributed by atoms with van der Waals surface area (Å²) in [5.41, 5.74) is 0.746. The molecule has 0 spiro atoms. The molecule has 2 aromatic rings. The molecule has 0 aliphatic carbocycles. The first-order valence-electron chi connectivity index (χ1n) is 6.84. The molecule has 1 aromatic heterocycles. The highest BCUT2D eigenvalue weighted by molar-refractivity contribution is 7.99. The molecular weight excluding hydrogens is 286 g/mol. The molecule has 0 radical (unpaired) electrons. The Morgan fingerprint density at radius 3 is 3.05 bits per heavy atom. The van der Waals surface area contributed by atoms with Gasteiger partial charge in [0.05, 0.1) is 12.0 Å². The number of benzene rings is 1. The lowest BCUT2D eigenvalue weighted by Crippen LogP contribution is -2.46. The van der Waals surface area contributed by atoms with Gasteiger partial charge in [-0.2, -0.15) is 11.8 Å². The van der Waals surface area contributed by atoms with Gasteiger partial charge in [-0.05, 0) is 23.8 Å². The Morgan fingerprint density at radius 1 is 1.48 bits per heavy atom. The molecule has 0 bridgehead atoms. The van der Waals surface area contributed by atoms with E-state index in [-0.39, 0.29) is 5.91 Å². The third-order valence-electron chi connectivity index (χ3n) is 3.64. The van der Waals surface area contributed by atoms with E-state index in [4.69, 9.17) is 0 Å². The van der Waals surface area contributed by atoms with Crippen molar-refractivity contribution in [2.24, 2.45) is 0 Å². The molecule has 1 aliphatic rings. The number of nitrogens with zero attached hydrogens (tertiary/aromatic N) is 2. The van der Waals surface area contributed by atoms with Crippen LogP contribution in [0.4, 0.5) is 0 Å². The molecule has 1 aromatic carbocycles. The summed E-state index contributed by atoms with van der Waals surface area (Å²) >= 11 is 1.61. The summed E-state index contributed by atoms with van der Waals surface area (Å²) in [5.74, 6) is 1.02. The number of aliphatic hydroxyl groups is 1. The van der Waals surface area contributed by atoms with Crippen LogP contribution in [0.1, 0.15) is 12.0 Å². The number of carbonyl (C=O) groups excluding carboxylic acids is 1. The first-order chi connectivity index (χ1) is 10.2. The lowest BCUT2D eigenvalue weighted by molar-refractivity contribution is -0.137. The Morgan fingerprint density at radius 2 is 2.33 bits per heavy atom. The molecule has 0 saturated carbocycles. The number of hydrogen-bond acceptors (Lipinski definition) is 4. The molecule has 110 valence electrons. The Bertz CT molecular complexity index is 622. The van der Waals surface area contributed by atoms with E-state index in [9.17, 15) is 9.90 Å². The van der Waals surface area contributed by atoms with E-state index in [0.29, 0.717) is 18.7 Å². The number of nitrogens with one attached hydrogen (secondary N) is 1. The van der Waals surface area contributed by atoms with Gasteiger partial charge in [0.2, 0.25) is 0 Å². The fraction of sp³-hybridized carbons (Fsp3) is 0.333. The van der Waals surface area contributed by atoms with Gasteiger partial charge in [0.1, 0.15) is 0 Å². The average molecular weight is 303 g/mol. The highest BCUT2D eigenvalue weighted by atomic mass is 32.2. The summed E-state index contributed by atoms with van der Waals surface area (Å²) < 4.78 is 1.90. The van der Waals surface area contributed by atoms with Crippen molar-refractivity contribution >= 4 is 17.7 Å². The zero-order chi connectivity index (χ0) is 14.7. The normalized spacial score (nSPS) is 21.4. The first kappa shape index (κ1) is 14.2. The van der Waals surface area contributed by atoms with Gasteiger partial charge in [0.15, 0.2) is 5.60 Å². The van der Waals surface area contributed by atoms with E-state index in [1.54, 1.807) is 24.3 Å². The number of aromatic nitrogens is 2. The number of carbonyl (C=O) groups is 1. The maximum atomic E-state index is 12.1. The van der Waals surface area contributed by atoms with Crippen molar-refractivity contribution in [2.45, 2.75) is 18.6 Å². The summed E-state index contributed by atoms with van der Waals surface area (Å²) in [6.45, 7) is 0.389. The van der Waals surface area contributed by atoms with Gasteiger partial charge in [0, 0.05) is 24.7 Å². The monoisotopic (exact) mass is 303 g/mol. The summed E-state index contributed by atoms with van der Waals surface area (Å²) in [6, 6.07) is 7.82. The second-order valence-electron chi connectivity index (χ2n) is 5.12. The van der Waals surface area contributed by atoms with E-state index in [1.807, 2.05) is 35.0 Å². The molecule has 5 nitrogen and oxygen atoms in total. The van der Waals surface area contributed by atoms with Crippen LogP contribution in [0.5, 0.6) is 0 Å². The molecular formula is C15H17N3O2S. The molecule has 1 fully saturated rings. The van der Waals surface area contributed by atoms with Gasteiger partial charge in [-0.1, -0.05) is 18.2 Å². The first-order valence-corrected chi connectivity index (χ1v) is 7.99. The van der Waals surface area contributed by atoms with Gasteiger partial charge in [0.25, 0.3) is 5.91 Å². The van der Waals surface area contributed by atoms with Crippen LogP contribution in [0.3, 0.4) is 0 Å². The number of para-hydroxylation sites is 1. The van der Waals surface area contributed by atoms with Crippen molar-refractivity contribution in [2.75, 3.05) is 11.5 Å². The summed E-state index contributed by atoms with van der Waals surface area (Å²) in [5, 5.41) is 13.1. The van der Waals surface area contributed by atoms with Crippen LogP contribution in [0, 0.1) is 0 Å². The van der Waals surface area contributed by atoms with Gasteiger partial charge in [-0.3, -0.25) is 4.79 Å². The number of hydrogen-bond donors (Lipinski definition) is 2. The highest BCUT2D eigenvalue weighted by Gasteiger charge is 2.39. The molecule has 1 atom stereocenters. The average Bonchev–Trinajstić information content (AvgIpc) is 3.17. The van der Waals surface area contributed by atoms with Crippen LogP contribution in [0.15, 0.2) is 43.0 Å². The maximum absolute atomic E-state index is 12.1. The van der Waals surface area contributed by atoms with Crippen molar-refractivity contribution in [3.63, 3.8) is 0 Å². The van der Waals surface area contributed by atoms with Crippen LogP contribution >= 0.6 is 11.8 Å². The zero-order valence-corrected chi connectivity index (χ0v) is 12.3. The van der Waals surface area contributed by atoms with Crippen molar-refractivity contribution in [3.05, 3.63) is 48.5 Å². The largest absolute Gasteiger partial charge is 0.379 e. The van der Waals surface area contributed by atoms with Crippen molar-refractivity contribution in [3.8, 4) is 5.69 Å². The van der Waals surface area contributed by atoms with Crippen LogP contribution in [-0.2, 0) is 11.3 Å². The SMILES string of the molecule is O=C(NCc1ccccc1-n1ccnc1)C1(O)CCSC1. The van der Waals surface area contributed by atoms with Crippen LogP contribution in [0.25, 0.3) is 5.69 Å². The van der Waals surface area contributed by atoms with Gasteiger partial charge < -0.3 is 15.0 Å². The highest BCUT2D eigenvalue weighted by Crippen LogP contribution is 2.28. The number of thioether (sulfide) groups is 1. The van der Waals surface area contributed by atoms with Crippen LogP contribution < -0.4 is 5.32 Å².